The predicted molar refractivity (Wildman–Crippen MR) is 109 cm³/mol. The van der Waals surface area contributed by atoms with Crippen molar-refractivity contribution in [2.24, 2.45) is 0 Å². The molecule has 28 heavy (non-hydrogen) atoms. The molecular weight excluding hydrogens is 354 g/mol. The van der Waals surface area contributed by atoms with Crippen molar-refractivity contribution in [3.63, 3.8) is 0 Å². The first-order valence-corrected chi connectivity index (χ1v) is 9.68. The molecular formula is C22H27N3O3. The molecule has 0 spiro atoms. The summed E-state index contributed by atoms with van der Waals surface area (Å²) in [6.07, 6.45) is 3.39. The first kappa shape index (κ1) is 19.7. The summed E-state index contributed by atoms with van der Waals surface area (Å²) in [5.74, 6) is 1.87. The van der Waals surface area contributed by atoms with Crippen LogP contribution in [0.4, 0.5) is 0 Å². The molecule has 0 saturated carbocycles. The van der Waals surface area contributed by atoms with E-state index in [1.807, 2.05) is 36.4 Å². The third-order valence-electron chi connectivity index (χ3n) is 4.72. The van der Waals surface area contributed by atoms with E-state index in [0.717, 1.165) is 48.4 Å². The average molecular weight is 381 g/mol. The molecule has 0 radical (unpaired) electrons. The Morgan fingerprint density at radius 2 is 1.86 bits per heavy atom. The molecule has 2 aromatic carbocycles. The number of ether oxygens (including phenoxy) is 1. The number of hydrogen-bond acceptors (Lipinski definition) is 4. The molecule has 0 bridgehead atoms. The summed E-state index contributed by atoms with van der Waals surface area (Å²) in [6, 6.07) is 15.0. The Balaban J connectivity index is 1.73. The van der Waals surface area contributed by atoms with E-state index < -0.39 is 0 Å². The maximum atomic E-state index is 12.8. The molecule has 1 N–H and O–H groups in total. The Bertz CT molecular complexity index is 958. The third-order valence-corrected chi connectivity index (χ3v) is 4.72. The number of phenolic OH excluding ortho intramolecular Hbond substituents is 1. The van der Waals surface area contributed by atoms with Crippen LogP contribution in [0.5, 0.6) is 11.5 Å². The van der Waals surface area contributed by atoms with Crippen LogP contribution >= 0.6 is 0 Å². The van der Waals surface area contributed by atoms with E-state index >= 15 is 0 Å². The van der Waals surface area contributed by atoms with Gasteiger partial charge >= 0.3 is 5.69 Å². The van der Waals surface area contributed by atoms with Crippen LogP contribution in [-0.2, 0) is 25.9 Å². The molecule has 0 unspecified atom stereocenters. The zero-order valence-corrected chi connectivity index (χ0v) is 16.5. The van der Waals surface area contributed by atoms with Crippen LogP contribution in [-0.4, -0.2) is 26.6 Å². The van der Waals surface area contributed by atoms with Gasteiger partial charge in [0.25, 0.3) is 0 Å². The highest BCUT2D eigenvalue weighted by Gasteiger charge is 2.13. The van der Waals surface area contributed by atoms with Crippen molar-refractivity contribution in [3.8, 4) is 11.5 Å². The number of rotatable bonds is 9. The molecule has 0 aliphatic carbocycles. The summed E-state index contributed by atoms with van der Waals surface area (Å²) in [6.45, 7) is 3.16. The van der Waals surface area contributed by atoms with Crippen molar-refractivity contribution >= 4 is 0 Å². The quantitative estimate of drug-likeness (QED) is 0.617. The van der Waals surface area contributed by atoms with Gasteiger partial charge in [0.15, 0.2) is 0 Å². The minimum atomic E-state index is -0.0655. The van der Waals surface area contributed by atoms with E-state index in [2.05, 4.69) is 12.0 Å². The second kappa shape index (κ2) is 9.26. The van der Waals surface area contributed by atoms with Gasteiger partial charge in [-0.1, -0.05) is 31.2 Å². The molecule has 0 aliphatic rings. The zero-order valence-electron chi connectivity index (χ0n) is 16.5. The van der Waals surface area contributed by atoms with Gasteiger partial charge in [-0.25, -0.2) is 9.48 Å². The Morgan fingerprint density at radius 3 is 2.57 bits per heavy atom. The molecule has 0 fully saturated rings. The molecule has 1 heterocycles. The van der Waals surface area contributed by atoms with E-state index in [4.69, 9.17) is 4.74 Å². The molecule has 6 nitrogen and oxygen atoms in total. The van der Waals surface area contributed by atoms with Gasteiger partial charge in [-0.2, -0.15) is 5.10 Å². The summed E-state index contributed by atoms with van der Waals surface area (Å²) in [7, 11) is 1.63. The zero-order chi connectivity index (χ0) is 19.9. The first-order valence-electron chi connectivity index (χ1n) is 9.68. The summed E-state index contributed by atoms with van der Waals surface area (Å²) in [5.41, 5.74) is 2.08. The monoisotopic (exact) mass is 381 g/mol. The van der Waals surface area contributed by atoms with Crippen LogP contribution < -0.4 is 10.4 Å². The highest BCUT2D eigenvalue weighted by Crippen LogP contribution is 2.14. The molecule has 3 aromatic rings. The van der Waals surface area contributed by atoms with Crippen LogP contribution in [0.2, 0.25) is 0 Å². The number of aryl methyl sites for hydroxylation is 2. The number of methoxy groups -OCH3 is 1. The molecule has 1 aromatic heterocycles. The van der Waals surface area contributed by atoms with Crippen molar-refractivity contribution in [3.05, 3.63) is 76.0 Å². The maximum absolute atomic E-state index is 12.8. The standard InChI is InChI=1S/C22H27N3O3/c1-3-14-24-21(9-5-6-17-10-12-19(26)13-11-17)23-25(22(24)27)16-18-7-4-8-20(15-18)28-2/h4,7-8,10-13,15,26H,3,5-6,9,14,16H2,1-2H3. The minimum Gasteiger partial charge on any atom is -0.508 e. The fourth-order valence-corrected chi connectivity index (χ4v) is 3.28. The van der Waals surface area contributed by atoms with Gasteiger partial charge in [0.1, 0.15) is 17.3 Å². The molecule has 0 atom stereocenters. The van der Waals surface area contributed by atoms with Crippen molar-refractivity contribution in [1.82, 2.24) is 14.3 Å². The number of aromatic hydroxyl groups is 1. The summed E-state index contributed by atoms with van der Waals surface area (Å²) in [5, 5.41) is 14.0. The number of aromatic nitrogens is 3. The largest absolute Gasteiger partial charge is 0.508 e. The van der Waals surface area contributed by atoms with E-state index in [1.54, 1.807) is 28.5 Å². The van der Waals surface area contributed by atoms with Crippen molar-refractivity contribution in [1.29, 1.82) is 0 Å². The van der Waals surface area contributed by atoms with Crippen LogP contribution in [0.3, 0.4) is 0 Å². The van der Waals surface area contributed by atoms with Gasteiger partial charge in [-0.15, -0.1) is 0 Å². The fourth-order valence-electron chi connectivity index (χ4n) is 3.28. The third kappa shape index (κ3) is 4.82. The second-order valence-corrected chi connectivity index (χ2v) is 6.88. The van der Waals surface area contributed by atoms with Crippen LogP contribution in [0.15, 0.2) is 53.3 Å². The normalized spacial score (nSPS) is 10.9. The fraction of sp³-hybridized carbons (Fsp3) is 0.364. The number of phenols is 1. The SMILES string of the molecule is CCCn1c(CCCc2ccc(O)cc2)nn(Cc2cccc(OC)c2)c1=O. The topological polar surface area (TPSA) is 69.3 Å². The van der Waals surface area contributed by atoms with Crippen molar-refractivity contribution < 1.29 is 9.84 Å². The molecule has 0 saturated heterocycles. The summed E-state index contributed by atoms with van der Waals surface area (Å²) in [4.78, 5) is 12.8. The molecule has 0 amide bonds. The first-order chi connectivity index (χ1) is 13.6. The van der Waals surface area contributed by atoms with Crippen LogP contribution in [0, 0.1) is 0 Å². The van der Waals surface area contributed by atoms with Crippen LogP contribution in [0.1, 0.15) is 36.7 Å². The highest BCUT2D eigenvalue weighted by atomic mass is 16.5. The number of benzene rings is 2. The van der Waals surface area contributed by atoms with Crippen LogP contribution in [0.25, 0.3) is 0 Å². The number of hydrogen-bond donors (Lipinski definition) is 1. The average Bonchev–Trinajstić information content (AvgIpc) is 2.99. The molecule has 3 rings (SSSR count). The van der Waals surface area contributed by atoms with Gasteiger partial charge in [0.05, 0.1) is 13.7 Å². The van der Waals surface area contributed by atoms with Gasteiger partial charge in [-0.3, -0.25) is 4.57 Å². The molecule has 0 aliphatic heterocycles. The smallest absolute Gasteiger partial charge is 0.346 e. The molecule has 148 valence electrons. The van der Waals surface area contributed by atoms with Crippen molar-refractivity contribution in [2.45, 2.75) is 45.7 Å². The maximum Gasteiger partial charge on any atom is 0.346 e. The Labute approximate surface area is 165 Å². The lowest BCUT2D eigenvalue weighted by Gasteiger charge is -2.04. The number of nitrogens with zero attached hydrogens (tertiary/aromatic N) is 3. The highest BCUT2D eigenvalue weighted by molar-refractivity contribution is 5.28. The van der Waals surface area contributed by atoms with Gasteiger partial charge < -0.3 is 9.84 Å². The summed E-state index contributed by atoms with van der Waals surface area (Å²) < 4.78 is 8.59. The Kier molecular flexibility index (Phi) is 6.53. The van der Waals surface area contributed by atoms with E-state index in [-0.39, 0.29) is 11.4 Å². The lowest BCUT2D eigenvalue weighted by atomic mass is 10.1. The van der Waals surface area contributed by atoms with E-state index in [0.29, 0.717) is 13.1 Å². The Hall–Kier alpha value is -3.02. The minimum absolute atomic E-state index is 0.0655. The lowest BCUT2D eigenvalue weighted by Crippen LogP contribution is -2.26. The molecule has 6 heteroatoms. The Morgan fingerprint density at radius 1 is 1.07 bits per heavy atom. The van der Waals surface area contributed by atoms with Gasteiger partial charge in [0, 0.05) is 13.0 Å². The second-order valence-electron chi connectivity index (χ2n) is 6.88. The van der Waals surface area contributed by atoms with E-state index in [9.17, 15) is 9.90 Å². The summed E-state index contributed by atoms with van der Waals surface area (Å²) >= 11 is 0. The lowest BCUT2D eigenvalue weighted by molar-refractivity contribution is 0.414. The van der Waals surface area contributed by atoms with E-state index in [1.165, 1.54) is 0 Å². The van der Waals surface area contributed by atoms with Crippen molar-refractivity contribution in [2.75, 3.05) is 7.11 Å². The van der Waals surface area contributed by atoms with Gasteiger partial charge in [-0.05, 0) is 54.7 Å². The van der Waals surface area contributed by atoms with Gasteiger partial charge in [0.2, 0.25) is 0 Å². The predicted octanol–water partition coefficient (Wildman–Crippen LogP) is 3.39.